The summed E-state index contributed by atoms with van der Waals surface area (Å²) in [6.45, 7) is 5.25. The number of ether oxygens (including phenoxy) is 2. The molecule has 2 N–H and O–H groups in total. The average Bonchev–Trinajstić information content (AvgIpc) is 2.84. The molecule has 3 rings (SSSR count). The molecule has 2 atom stereocenters. The number of benzene rings is 2. The molecule has 0 aromatic heterocycles. The molecule has 1 saturated heterocycles. The minimum Gasteiger partial charge on any atom is -0.456 e. The van der Waals surface area contributed by atoms with Gasteiger partial charge in [0.15, 0.2) is 0 Å². The highest BCUT2D eigenvalue weighted by Crippen LogP contribution is 2.31. The van der Waals surface area contributed by atoms with Crippen molar-refractivity contribution < 1.29 is 29.0 Å². The van der Waals surface area contributed by atoms with E-state index in [0.717, 1.165) is 16.0 Å². The topological polar surface area (TPSA) is 105 Å². The maximum atomic E-state index is 13.3. The Labute approximate surface area is 212 Å². The van der Waals surface area contributed by atoms with E-state index in [9.17, 15) is 19.5 Å². The third-order valence-corrected chi connectivity index (χ3v) is 5.98. The zero-order valence-corrected chi connectivity index (χ0v) is 21.2. The minimum atomic E-state index is -2.35. The van der Waals surface area contributed by atoms with Crippen LogP contribution in [-0.4, -0.2) is 51.9 Å². The predicted molar refractivity (Wildman–Crippen MR) is 135 cm³/mol. The van der Waals surface area contributed by atoms with Crippen molar-refractivity contribution in [2.75, 3.05) is 6.54 Å². The van der Waals surface area contributed by atoms with Gasteiger partial charge < -0.3 is 24.8 Å². The third-order valence-electron chi connectivity index (χ3n) is 5.98. The molecule has 0 bridgehead atoms. The second-order valence-electron chi connectivity index (χ2n) is 10.0. The van der Waals surface area contributed by atoms with Crippen molar-refractivity contribution in [3.63, 3.8) is 0 Å². The number of nitrogens with one attached hydrogen (secondary N) is 1. The lowest BCUT2D eigenvalue weighted by molar-refractivity contribution is -0.214. The SMILES string of the molecule is CC(C)(C)OC(=O)[C@@]1(O)[C@@H](NC(=O)OCc2ccccc2)CCCN1C(=O)CCCc1ccccc1. The Balaban J connectivity index is 1.72. The van der Waals surface area contributed by atoms with E-state index in [0.29, 0.717) is 19.3 Å². The van der Waals surface area contributed by atoms with Crippen LogP contribution in [0.25, 0.3) is 0 Å². The number of esters is 1. The molecule has 8 nitrogen and oxygen atoms in total. The summed E-state index contributed by atoms with van der Waals surface area (Å²) in [5.41, 5.74) is -1.34. The molecule has 0 unspecified atom stereocenters. The number of carbonyl (C=O) groups excluding carboxylic acids is 3. The molecule has 0 spiro atoms. The van der Waals surface area contributed by atoms with Gasteiger partial charge in [0.25, 0.3) is 5.72 Å². The van der Waals surface area contributed by atoms with Crippen LogP contribution in [0.3, 0.4) is 0 Å². The van der Waals surface area contributed by atoms with Gasteiger partial charge in [0.1, 0.15) is 12.2 Å². The lowest BCUT2D eigenvalue weighted by atomic mass is 9.91. The average molecular weight is 497 g/mol. The Morgan fingerprint density at radius 2 is 1.64 bits per heavy atom. The Kier molecular flexibility index (Phi) is 9.09. The van der Waals surface area contributed by atoms with Crippen molar-refractivity contribution in [2.24, 2.45) is 0 Å². The van der Waals surface area contributed by atoms with E-state index in [1.807, 2.05) is 60.7 Å². The first-order valence-electron chi connectivity index (χ1n) is 12.4. The first-order valence-corrected chi connectivity index (χ1v) is 12.4. The fourth-order valence-corrected chi connectivity index (χ4v) is 4.24. The molecule has 0 saturated carbocycles. The predicted octanol–water partition coefficient (Wildman–Crippen LogP) is 3.96. The minimum absolute atomic E-state index is 0.0341. The Bertz CT molecular complexity index is 1020. The lowest BCUT2D eigenvalue weighted by Gasteiger charge is -2.46. The summed E-state index contributed by atoms with van der Waals surface area (Å²) in [6.07, 6.45) is 1.39. The Morgan fingerprint density at radius 3 is 2.25 bits per heavy atom. The monoisotopic (exact) mass is 496 g/mol. The smallest absolute Gasteiger partial charge is 0.407 e. The highest BCUT2D eigenvalue weighted by atomic mass is 16.6. The number of carbonyl (C=O) groups is 3. The van der Waals surface area contributed by atoms with Crippen LogP contribution in [0.4, 0.5) is 4.79 Å². The molecule has 194 valence electrons. The first kappa shape index (κ1) is 27.2. The summed E-state index contributed by atoms with van der Waals surface area (Å²) in [5.74, 6) is -1.34. The molecule has 1 aliphatic heterocycles. The van der Waals surface area contributed by atoms with Crippen LogP contribution in [0.5, 0.6) is 0 Å². The van der Waals surface area contributed by atoms with Crippen LogP contribution in [0.1, 0.15) is 57.6 Å². The normalized spacial score (nSPS) is 19.9. The number of nitrogens with zero attached hydrogens (tertiary/aromatic N) is 1. The number of hydrogen-bond donors (Lipinski definition) is 2. The molecule has 2 amide bonds. The number of aliphatic hydroxyl groups is 1. The molecule has 1 aliphatic rings. The number of amides is 2. The third kappa shape index (κ3) is 7.31. The summed E-state index contributed by atoms with van der Waals surface area (Å²) < 4.78 is 10.8. The zero-order valence-electron chi connectivity index (χ0n) is 21.2. The van der Waals surface area contributed by atoms with Crippen molar-refractivity contribution in [1.29, 1.82) is 0 Å². The molecule has 0 aliphatic carbocycles. The maximum Gasteiger partial charge on any atom is 0.407 e. The quantitative estimate of drug-likeness (QED) is 0.536. The first-order chi connectivity index (χ1) is 17.1. The molecule has 1 fully saturated rings. The number of likely N-dealkylation sites (tertiary alicyclic amines) is 1. The Hall–Kier alpha value is -3.39. The van der Waals surface area contributed by atoms with Gasteiger partial charge >= 0.3 is 12.1 Å². The van der Waals surface area contributed by atoms with Crippen LogP contribution in [0, 0.1) is 0 Å². The number of rotatable bonds is 8. The molecule has 2 aromatic carbocycles. The molecule has 2 aromatic rings. The largest absolute Gasteiger partial charge is 0.456 e. The van der Waals surface area contributed by atoms with Gasteiger partial charge in [-0.25, -0.2) is 9.59 Å². The highest BCUT2D eigenvalue weighted by Gasteiger charge is 2.55. The number of hydrogen-bond acceptors (Lipinski definition) is 6. The highest BCUT2D eigenvalue weighted by molar-refractivity contribution is 5.88. The van der Waals surface area contributed by atoms with E-state index in [1.165, 1.54) is 0 Å². The molecule has 36 heavy (non-hydrogen) atoms. The van der Waals surface area contributed by atoms with Crippen molar-refractivity contribution in [1.82, 2.24) is 10.2 Å². The molecule has 1 heterocycles. The molecular weight excluding hydrogens is 460 g/mol. The fraction of sp³-hybridized carbons (Fsp3) is 0.464. The van der Waals surface area contributed by atoms with E-state index in [2.05, 4.69) is 5.32 Å². The van der Waals surface area contributed by atoms with E-state index >= 15 is 0 Å². The number of alkyl carbamates (subject to hydrolysis) is 1. The van der Waals surface area contributed by atoms with Gasteiger partial charge in [0.05, 0.1) is 6.04 Å². The van der Waals surface area contributed by atoms with Gasteiger partial charge in [-0.15, -0.1) is 0 Å². The van der Waals surface area contributed by atoms with Crippen molar-refractivity contribution in [3.05, 3.63) is 71.8 Å². The van der Waals surface area contributed by atoms with E-state index in [1.54, 1.807) is 20.8 Å². The summed E-state index contributed by atoms with van der Waals surface area (Å²) in [6, 6.07) is 17.9. The van der Waals surface area contributed by atoms with Crippen molar-refractivity contribution in [3.8, 4) is 0 Å². The van der Waals surface area contributed by atoms with E-state index < -0.39 is 29.4 Å². The van der Waals surface area contributed by atoms with Crippen LogP contribution in [-0.2, 0) is 32.1 Å². The number of piperidine rings is 1. The van der Waals surface area contributed by atoms with Crippen molar-refractivity contribution in [2.45, 2.75) is 76.9 Å². The summed E-state index contributed by atoms with van der Waals surface area (Å²) in [7, 11) is 0. The van der Waals surface area contributed by atoms with Gasteiger partial charge in [0.2, 0.25) is 5.91 Å². The Morgan fingerprint density at radius 1 is 1.03 bits per heavy atom. The maximum absolute atomic E-state index is 13.3. The van der Waals surface area contributed by atoms with Crippen LogP contribution in [0.2, 0.25) is 0 Å². The van der Waals surface area contributed by atoms with E-state index in [-0.39, 0.29) is 31.9 Å². The lowest BCUT2D eigenvalue weighted by Crippen LogP contribution is -2.71. The van der Waals surface area contributed by atoms with Crippen LogP contribution < -0.4 is 5.32 Å². The van der Waals surface area contributed by atoms with Crippen LogP contribution >= 0.6 is 0 Å². The van der Waals surface area contributed by atoms with Gasteiger partial charge in [0, 0.05) is 13.0 Å². The van der Waals surface area contributed by atoms with Crippen LogP contribution in [0.15, 0.2) is 60.7 Å². The van der Waals surface area contributed by atoms with Gasteiger partial charge in [-0.1, -0.05) is 60.7 Å². The second kappa shape index (κ2) is 12.0. The standard InChI is InChI=1S/C28H36N2O6/c1-27(2,3)36-25(32)28(34)23(29-26(33)35-20-22-14-8-5-9-15-22)17-11-19-30(28)24(31)18-10-16-21-12-6-4-7-13-21/h4-9,12-15,23,34H,10-11,16-20H2,1-3H3,(H,29,33)/t23-,28-/m0/s1. The summed E-state index contributed by atoms with van der Waals surface area (Å²) >= 11 is 0. The number of aryl methyl sites for hydroxylation is 1. The van der Waals surface area contributed by atoms with Crippen molar-refractivity contribution >= 4 is 18.0 Å². The van der Waals surface area contributed by atoms with Gasteiger partial charge in [-0.3, -0.25) is 4.79 Å². The zero-order chi connectivity index (χ0) is 26.2. The van der Waals surface area contributed by atoms with E-state index in [4.69, 9.17) is 9.47 Å². The summed E-state index contributed by atoms with van der Waals surface area (Å²) in [5, 5.41) is 14.3. The fourth-order valence-electron chi connectivity index (χ4n) is 4.24. The second-order valence-corrected chi connectivity index (χ2v) is 10.0. The molecule has 8 heteroatoms. The molecule has 0 radical (unpaired) electrons. The van der Waals surface area contributed by atoms with Gasteiger partial charge in [-0.05, 0) is 57.6 Å². The van der Waals surface area contributed by atoms with Gasteiger partial charge in [-0.2, -0.15) is 0 Å². The molecular formula is C28H36N2O6. The summed E-state index contributed by atoms with van der Waals surface area (Å²) in [4.78, 5) is 40.2.